The first-order valence-corrected chi connectivity index (χ1v) is 9.88. The Labute approximate surface area is 169 Å². The molecule has 7 nitrogen and oxygen atoms in total. The Morgan fingerprint density at radius 3 is 2.52 bits per heavy atom. The molecule has 1 fully saturated rings. The van der Waals surface area contributed by atoms with Crippen LogP contribution in [0.4, 0.5) is 0 Å². The minimum absolute atomic E-state index is 0.0589. The van der Waals surface area contributed by atoms with Gasteiger partial charge in [-0.2, -0.15) is 5.26 Å². The number of pyridine rings is 1. The minimum atomic E-state index is -0.665. The number of carbonyl (C=O) groups excluding carboxylic acids is 1. The monoisotopic (exact) mass is 393 g/mol. The molecule has 4 rings (SSSR count). The van der Waals surface area contributed by atoms with Crippen LogP contribution in [0.15, 0.2) is 42.6 Å². The van der Waals surface area contributed by atoms with Crippen molar-refractivity contribution < 1.29 is 19.0 Å². The number of nitriles is 1. The Kier molecular flexibility index (Phi) is 5.52. The molecular weight excluding hydrogens is 370 g/mol. The minimum Gasteiger partial charge on any atom is -0.482 e. The molecule has 2 aliphatic rings. The summed E-state index contributed by atoms with van der Waals surface area (Å²) in [4.78, 5) is 16.9. The van der Waals surface area contributed by atoms with Crippen molar-refractivity contribution in [2.24, 2.45) is 0 Å². The van der Waals surface area contributed by atoms with E-state index in [1.165, 1.54) is 6.20 Å². The van der Waals surface area contributed by atoms with Gasteiger partial charge in [-0.25, -0.2) is 4.98 Å². The maximum absolute atomic E-state index is 12.7. The molecule has 0 saturated heterocycles. The van der Waals surface area contributed by atoms with Gasteiger partial charge >= 0.3 is 0 Å². The number of aromatic nitrogens is 1. The number of hydrogen-bond acceptors (Lipinski definition) is 6. The van der Waals surface area contributed by atoms with E-state index in [1.54, 1.807) is 18.2 Å². The van der Waals surface area contributed by atoms with Gasteiger partial charge in [0.2, 0.25) is 12.0 Å². The first-order valence-electron chi connectivity index (χ1n) is 9.88. The number of para-hydroxylation sites is 2. The number of carbonyl (C=O) groups is 1. The zero-order chi connectivity index (χ0) is 20.2. The first-order chi connectivity index (χ1) is 14.1. The summed E-state index contributed by atoms with van der Waals surface area (Å²) in [5.41, 5.74) is 0.509. The number of nitrogens with one attached hydrogen (secondary N) is 1. The first kappa shape index (κ1) is 19.1. The standard InChI is InChI=1S/C22H23N3O4/c1-14-21(29-19-5-3-2-4-18(19)27-14)22(26)25-16-7-9-17(10-8-16)28-20-11-6-15(12-23)13-24-20/h2-6,11,13-14,16-17,21H,7-10H2,1H3,(H,25,26). The Morgan fingerprint density at radius 2 is 1.86 bits per heavy atom. The molecule has 0 bridgehead atoms. The second-order valence-electron chi connectivity index (χ2n) is 7.41. The van der Waals surface area contributed by atoms with Gasteiger partial charge in [0.15, 0.2) is 11.5 Å². The van der Waals surface area contributed by atoms with Gasteiger partial charge in [-0.15, -0.1) is 0 Å². The van der Waals surface area contributed by atoms with Gasteiger partial charge in [-0.05, 0) is 50.8 Å². The Morgan fingerprint density at radius 1 is 1.14 bits per heavy atom. The van der Waals surface area contributed by atoms with E-state index in [9.17, 15) is 4.79 Å². The molecular formula is C22H23N3O4. The van der Waals surface area contributed by atoms with Crippen LogP contribution in [-0.4, -0.2) is 35.2 Å². The Bertz CT molecular complexity index is 901. The number of amides is 1. The molecule has 1 aliphatic carbocycles. The molecule has 150 valence electrons. The van der Waals surface area contributed by atoms with Crippen molar-refractivity contribution in [1.82, 2.24) is 10.3 Å². The molecule has 0 spiro atoms. The number of benzene rings is 1. The van der Waals surface area contributed by atoms with Crippen molar-refractivity contribution in [1.29, 1.82) is 5.26 Å². The lowest BCUT2D eigenvalue weighted by Gasteiger charge is -2.34. The Balaban J connectivity index is 1.27. The number of hydrogen-bond donors (Lipinski definition) is 1. The summed E-state index contributed by atoms with van der Waals surface area (Å²) in [7, 11) is 0. The number of rotatable bonds is 4. The van der Waals surface area contributed by atoms with Gasteiger partial charge in [0.05, 0.1) is 5.56 Å². The van der Waals surface area contributed by atoms with Crippen LogP contribution in [0.25, 0.3) is 0 Å². The molecule has 1 N–H and O–H groups in total. The van der Waals surface area contributed by atoms with E-state index in [0.29, 0.717) is 22.9 Å². The average molecular weight is 393 g/mol. The van der Waals surface area contributed by atoms with Crippen molar-refractivity contribution >= 4 is 5.91 Å². The van der Waals surface area contributed by atoms with Gasteiger partial charge in [0.25, 0.3) is 5.91 Å². The number of fused-ring (bicyclic) bond motifs is 1. The molecule has 2 atom stereocenters. The van der Waals surface area contributed by atoms with Gasteiger partial charge in [-0.3, -0.25) is 4.79 Å². The summed E-state index contributed by atoms with van der Waals surface area (Å²) >= 11 is 0. The number of nitrogens with zero attached hydrogens (tertiary/aromatic N) is 2. The van der Waals surface area contributed by atoms with Crippen molar-refractivity contribution in [3.05, 3.63) is 48.2 Å². The maximum atomic E-state index is 12.7. The quantitative estimate of drug-likeness (QED) is 0.858. The second kappa shape index (κ2) is 8.39. The number of ether oxygens (including phenoxy) is 3. The fourth-order valence-electron chi connectivity index (χ4n) is 3.70. The second-order valence-corrected chi connectivity index (χ2v) is 7.41. The molecule has 1 aromatic carbocycles. The van der Waals surface area contributed by atoms with E-state index in [0.717, 1.165) is 25.7 Å². The van der Waals surface area contributed by atoms with Crippen molar-refractivity contribution in [2.45, 2.75) is 57.0 Å². The zero-order valence-electron chi connectivity index (χ0n) is 16.2. The van der Waals surface area contributed by atoms with Crippen LogP contribution >= 0.6 is 0 Å². The van der Waals surface area contributed by atoms with E-state index < -0.39 is 6.10 Å². The smallest absolute Gasteiger partial charge is 0.265 e. The van der Waals surface area contributed by atoms with E-state index in [4.69, 9.17) is 19.5 Å². The summed E-state index contributed by atoms with van der Waals surface area (Å²) in [6.07, 6.45) is 3.85. The van der Waals surface area contributed by atoms with Crippen LogP contribution in [-0.2, 0) is 4.79 Å². The van der Waals surface area contributed by atoms with Gasteiger partial charge in [0, 0.05) is 18.3 Å². The van der Waals surface area contributed by atoms with Crippen LogP contribution in [0.2, 0.25) is 0 Å². The SMILES string of the molecule is CC1Oc2ccccc2OC1C(=O)NC1CCC(Oc2ccc(C#N)cn2)CC1. The van der Waals surface area contributed by atoms with E-state index >= 15 is 0 Å². The molecule has 0 radical (unpaired) electrons. The fourth-order valence-corrected chi connectivity index (χ4v) is 3.70. The summed E-state index contributed by atoms with van der Waals surface area (Å²) in [5.74, 6) is 1.64. The third-order valence-corrected chi connectivity index (χ3v) is 5.27. The molecule has 1 aliphatic heterocycles. The molecule has 1 aromatic heterocycles. The molecule has 7 heteroatoms. The van der Waals surface area contributed by atoms with Crippen molar-refractivity contribution in [3.63, 3.8) is 0 Å². The molecule has 1 saturated carbocycles. The van der Waals surface area contributed by atoms with E-state index in [1.807, 2.05) is 31.2 Å². The van der Waals surface area contributed by atoms with Gasteiger partial charge in [0.1, 0.15) is 18.3 Å². The van der Waals surface area contributed by atoms with Crippen LogP contribution < -0.4 is 19.5 Å². The van der Waals surface area contributed by atoms with Crippen molar-refractivity contribution in [3.8, 4) is 23.4 Å². The molecule has 2 heterocycles. The normalized spacial score (nSPS) is 25.5. The molecule has 2 aromatic rings. The third-order valence-electron chi connectivity index (χ3n) is 5.27. The predicted octanol–water partition coefficient (Wildman–Crippen LogP) is 2.99. The highest BCUT2D eigenvalue weighted by Crippen LogP contribution is 2.33. The summed E-state index contributed by atoms with van der Waals surface area (Å²) < 4.78 is 17.6. The highest BCUT2D eigenvalue weighted by atomic mass is 16.6. The lowest BCUT2D eigenvalue weighted by atomic mass is 9.92. The molecule has 1 amide bonds. The summed E-state index contributed by atoms with van der Waals surface area (Å²) in [5, 5.41) is 11.9. The average Bonchev–Trinajstić information content (AvgIpc) is 2.75. The fraction of sp³-hybridized carbons (Fsp3) is 0.409. The lowest BCUT2D eigenvalue weighted by Crippen LogP contribution is -2.52. The van der Waals surface area contributed by atoms with Gasteiger partial charge in [-0.1, -0.05) is 12.1 Å². The molecule has 29 heavy (non-hydrogen) atoms. The van der Waals surface area contributed by atoms with Gasteiger partial charge < -0.3 is 19.5 Å². The van der Waals surface area contributed by atoms with Crippen LogP contribution in [0.5, 0.6) is 17.4 Å². The highest BCUT2D eigenvalue weighted by Gasteiger charge is 2.35. The summed E-state index contributed by atoms with van der Waals surface area (Å²) in [6, 6.07) is 12.9. The van der Waals surface area contributed by atoms with E-state index in [2.05, 4.69) is 10.3 Å². The van der Waals surface area contributed by atoms with Crippen LogP contribution in [0.3, 0.4) is 0 Å². The van der Waals surface area contributed by atoms with E-state index in [-0.39, 0.29) is 24.2 Å². The Hall–Kier alpha value is -3.27. The van der Waals surface area contributed by atoms with Crippen LogP contribution in [0, 0.1) is 11.3 Å². The summed E-state index contributed by atoms with van der Waals surface area (Å²) in [6.45, 7) is 1.84. The largest absolute Gasteiger partial charge is 0.482 e. The zero-order valence-corrected chi connectivity index (χ0v) is 16.2. The van der Waals surface area contributed by atoms with Crippen molar-refractivity contribution in [2.75, 3.05) is 0 Å². The maximum Gasteiger partial charge on any atom is 0.265 e. The lowest BCUT2D eigenvalue weighted by molar-refractivity contribution is -0.134. The highest BCUT2D eigenvalue weighted by molar-refractivity contribution is 5.82. The predicted molar refractivity (Wildman–Crippen MR) is 105 cm³/mol. The third kappa shape index (κ3) is 4.43. The van der Waals surface area contributed by atoms with Crippen LogP contribution in [0.1, 0.15) is 38.2 Å². The molecule has 2 unspecified atom stereocenters. The topological polar surface area (TPSA) is 93.5 Å².